The van der Waals surface area contributed by atoms with Crippen molar-refractivity contribution in [2.24, 2.45) is 11.7 Å². The van der Waals surface area contributed by atoms with Gasteiger partial charge in [0.15, 0.2) is 5.82 Å². The van der Waals surface area contributed by atoms with Crippen molar-refractivity contribution in [2.45, 2.75) is 38.9 Å². The van der Waals surface area contributed by atoms with Crippen LogP contribution >= 0.6 is 0 Å². The van der Waals surface area contributed by atoms with Crippen molar-refractivity contribution in [3.8, 4) is 0 Å². The second-order valence-corrected chi connectivity index (χ2v) is 5.76. The Morgan fingerprint density at radius 2 is 2.14 bits per heavy atom. The zero-order chi connectivity index (χ0) is 14.7. The van der Waals surface area contributed by atoms with Crippen molar-refractivity contribution in [3.05, 3.63) is 47.6 Å². The van der Waals surface area contributed by atoms with E-state index in [1.54, 1.807) is 0 Å². The van der Waals surface area contributed by atoms with Crippen molar-refractivity contribution in [3.63, 3.8) is 0 Å². The first-order valence-electron chi connectivity index (χ1n) is 7.55. The summed E-state index contributed by atoms with van der Waals surface area (Å²) in [5.74, 6) is 1.94. The standard InChI is InChI=1S/C16H22N4O/c1-12-14(9-13-5-3-2-4-6-13)7-8-20(12)11-15-18-16(10-17)21-19-15/h2-6,12,14H,7-11,17H2,1H3. The van der Waals surface area contributed by atoms with E-state index in [0.717, 1.165) is 25.3 Å². The van der Waals surface area contributed by atoms with Crippen molar-refractivity contribution in [1.82, 2.24) is 15.0 Å². The smallest absolute Gasteiger partial charge is 0.240 e. The van der Waals surface area contributed by atoms with Crippen LogP contribution in [0.25, 0.3) is 0 Å². The van der Waals surface area contributed by atoms with Gasteiger partial charge in [-0.1, -0.05) is 35.5 Å². The number of rotatable bonds is 5. The van der Waals surface area contributed by atoms with Gasteiger partial charge in [0.1, 0.15) is 0 Å². The third-order valence-corrected chi connectivity index (χ3v) is 4.42. The summed E-state index contributed by atoms with van der Waals surface area (Å²) >= 11 is 0. The molecule has 1 aliphatic heterocycles. The number of nitrogens with two attached hydrogens (primary N) is 1. The van der Waals surface area contributed by atoms with Gasteiger partial charge in [-0.25, -0.2) is 0 Å². The lowest BCUT2D eigenvalue weighted by Crippen LogP contribution is -2.30. The summed E-state index contributed by atoms with van der Waals surface area (Å²) in [5.41, 5.74) is 6.91. The maximum Gasteiger partial charge on any atom is 0.240 e. The van der Waals surface area contributed by atoms with E-state index < -0.39 is 0 Å². The molecule has 5 nitrogen and oxygen atoms in total. The van der Waals surface area contributed by atoms with Gasteiger partial charge >= 0.3 is 0 Å². The van der Waals surface area contributed by atoms with E-state index in [4.69, 9.17) is 10.3 Å². The van der Waals surface area contributed by atoms with Crippen LogP contribution in [-0.2, 0) is 19.5 Å². The molecular formula is C16H22N4O. The fraction of sp³-hybridized carbons (Fsp3) is 0.500. The molecule has 1 aromatic heterocycles. The van der Waals surface area contributed by atoms with E-state index in [-0.39, 0.29) is 0 Å². The van der Waals surface area contributed by atoms with Crippen LogP contribution in [0.3, 0.4) is 0 Å². The summed E-state index contributed by atoms with van der Waals surface area (Å²) in [6.07, 6.45) is 2.36. The highest BCUT2D eigenvalue weighted by atomic mass is 16.5. The Kier molecular flexibility index (Phi) is 4.31. The van der Waals surface area contributed by atoms with E-state index in [9.17, 15) is 0 Å². The molecule has 0 saturated carbocycles. The molecule has 21 heavy (non-hydrogen) atoms. The summed E-state index contributed by atoms with van der Waals surface area (Å²) < 4.78 is 5.07. The Bertz CT molecular complexity index is 569. The number of benzene rings is 1. The van der Waals surface area contributed by atoms with Crippen molar-refractivity contribution < 1.29 is 4.52 Å². The van der Waals surface area contributed by atoms with E-state index in [1.165, 1.54) is 12.0 Å². The van der Waals surface area contributed by atoms with Crippen LogP contribution in [0.5, 0.6) is 0 Å². The van der Waals surface area contributed by atoms with Gasteiger partial charge in [0.2, 0.25) is 5.89 Å². The highest BCUT2D eigenvalue weighted by Crippen LogP contribution is 2.28. The molecule has 1 fully saturated rings. The van der Waals surface area contributed by atoms with Crippen LogP contribution in [0.1, 0.15) is 30.6 Å². The van der Waals surface area contributed by atoms with Crippen LogP contribution in [0.4, 0.5) is 0 Å². The molecule has 1 saturated heterocycles. The summed E-state index contributed by atoms with van der Waals surface area (Å²) in [7, 11) is 0. The molecule has 112 valence electrons. The molecule has 0 spiro atoms. The number of nitrogens with zero attached hydrogens (tertiary/aromatic N) is 3. The molecule has 1 aliphatic rings. The van der Waals surface area contributed by atoms with E-state index in [1.807, 2.05) is 0 Å². The first-order chi connectivity index (χ1) is 10.3. The molecular weight excluding hydrogens is 264 g/mol. The summed E-state index contributed by atoms with van der Waals surface area (Å²) in [6.45, 7) is 4.44. The predicted molar refractivity (Wildman–Crippen MR) is 80.3 cm³/mol. The molecule has 0 radical (unpaired) electrons. The van der Waals surface area contributed by atoms with Crippen LogP contribution < -0.4 is 5.73 Å². The Morgan fingerprint density at radius 3 is 2.86 bits per heavy atom. The fourth-order valence-electron chi connectivity index (χ4n) is 3.11. The second-order valence-electron chi connectivity index (χ2n) is 5.76. The van der Waals surface area contributed by atoms with Gasteiger partial charge in [0, 0.05) is 6.04 Å². The number of likely N-dealkylation sites (tertiary alicyclic amines) is 1. The van der Waals surface area contributed by atoms with Gasteiger partial charge in [0.25, 0.3) is 0 Å². The van der Waals surface area contributed by atoms with Gasteiger partial charge in [-0.2, -0.15) is 4.98 Å². The summed E-state index contributed by atoms with van der Waals surface area (Å²) in [5, 5.41) is 3.99. The molecule has 0 aliphatic carbocycles. The van der Waals surface area contributed by atoms with E-state index in [0.29, 0.717) is 24.4 Å². The van der Waals surface area contributed by atoms with E-state index >= 15 is 0 Å². The molecule has 2 atom stereocenters. The molecule has 2 aromatic rings. The van der Waals surface area contributed by atoms with Crippen molar-refractivity contribution >= 4 is 0 Å². The third kappa shape index (κ3) is 3.31. The Hall–Kier alpha value is -1.72. The number of aromatic nitrogens is 2. The van der Waals surface area contributed by atoms with Gasteiger partial charge in [-0.05, 0) is 37.8 Å². The quantitative estimate of drug-likeness (QED) is 0.910. The Labute approximate surface area is 125 Å². The average molecular weight is 286 g/mol. The Balaban J connectivity index is 1.59. The average Bonchev–Trinajstić information content (AvgIpc) is 3.10. The van der Waals surface area contributed by atoms with Gasteiger partial charge in [-0.15, -0.1) is 0 Å². The van der Waals surface area contributed by atoms with Crippen molar-refractivity contribution in [2.75, 3.05) is 6.54 Å². The largest absolute Gasteiger partial charge is 0.338 e. The van der Waals surface area contributed by atoms with E-state index in [2.05, 4.69) is 52.3 Å². The van der Waals surface area contributed by atoms with Crippen LogP contribution in [-0.4, -0.2) is 27.6 Å². The summed E-state index contributed by atoms with van der Waals surface area (Å²) in [6, 6.07) is 11.2. The monoisotopic (exact) mass is 286 g/mol. The minimum Gasteiger partial charge on any atom is -0.338 e. The van der Waals surface area contributed by atoms with Crippen LogP contribution in [0.2, 0.25) is 0 Å². The lowest BCUT2D eigenvalue weighted by atomic mass is 9.93. The predicted octanol–water partition coefficient (Wildman–Crippen LogP) is 1.98. The first-order valence-corrected chi connectivity index (χ1v) is 7.55. The summed E-state index contributed by atoms with van der Waals surface area (Å²) in [4.78, 5) is 6.72. The van der Waals surface area contributed by atoms with Gasteiger partial charge in [0.05, 0.1) is 13.1 Å². The highest BCUT2D eigenvalue weighted by molar-refractivity contribution is 5.16. The molecule has 2 heterocycles. The van der Waals surface area contributed by atoms with Crippen molar-refractivity contribution in [1.29, 1.82) is 0 Å². The topological polar surface area (TPSA) is 68.2 Å². The molecule has 2 N–H and O–H groups in total. The minimum atomic E-state index is 0.305. The van der Waals surface area contributed by atoms with Gasteiger partial charge < -0.3 is 10.3 Å². The maximum atomic E-state index is 5.50. The molecule has 0 amide bonds. The molecule has 5 heteroatoms. The molecule has 0 bridgehead atoms. The van der Waals surface area contributed by atoms with Gasteiger partial charge in [-0.3, -0.25) is 4.90 Å². The normalized spacial score (nSPS) is 22.8. The number of hydrogen-bond donors (Lipinski definition) is 1. The first kappa shape index (κ1) is 14.2. The second kappa shape index (κ2) is 6.37. The SMILES string of the molecule is CC1C(Cc2ccccc2)CCN1Cc1noc(CN)n1. The molecule has 2 unspecified atom stereocenters. The maximum absolute atomic E-state index is 5.50. The minimum absolute atomic E-state index is 0.305. The number of hydrogen-bond acceptors (Lipinski definition) is 5. The zero-order valence-electron chi connectivity index (χ0n) is 12.4. The lowest BCUT2D eigenvalue weighted by Gasteiger charge is -2.23. The molecule has 3 rings (SSSR count). The van der Waals surface area contributed by atoms with Crippen LogP contribution in [0, 0.1) is 5.92 Å². The third-order valence-electron chi connectivity index (χ3n) is 4.42. The highest BCUT2D eigenvalue weighted by Gasteiger charge is 2.31. The lowest BCUT2D eigenvalue weighted by molar-refractivity contribution is 0.224. The van der Waals surface area contributed by atoms with Crippen LogP contribution in [0.15, 0.2) is 34.9 Å². The molecule has 1 aromatic carbocycles. The zero-order valence-corrected chi connectivity index (χ0v) is 12.4. The Morgan fingerprint density at radius 1 is 1.33 bits per heavy atom. The fourth-order valence-corrected chi connectivity index (χ4v) is 3.11.